The van der Waals surface area contributed by atoms with E-state index in [-0.39, 0.29) is 5.69 Å². The summed E-state index contributed by atoms with van der Waals surface area (Å²) in [6.45, 7) is 2.82. The minimum absolute atomic E-state index is 0.0578. The highest BCUT2D eigenvalue weighted by Gasteiger charge is 2.19. The summed E-state index contributed by atoms with van der Waals surface area (Å²) in [6, 6.07) is 1.65. The molecule has 1 aliphatic rings. The Labute approximate surface area is 117 Å². The quantitative estimate of drug-likeness (QED) is 0.881. The predicted octanol–water partition coefficient (Wildman–Crippen LogP) is 3.90. The lowest BCUT2D eigenvalue weighted by molar-refractivity contribution is 0.0692. The minimum atomic E-state index is -1.39. The molecule has 1 aliphatic carbocycles. The van der Waals surface area contributed by atoms with E-state index >= 15 is 0 Å². The van der Waals surface area contributed by atoms with Gasteiger partial charge in [0.15, 0.2) is 0 Å². The van der Waals surface area contributed by atoms with Crippen molar-refractivity contribution >= 4 is 11.7 Å². The van der Waals surface area contributed by atoms with Crippen LogP contribution >= 0.6 is 0 Å². The fourth-order valence-corrected chi connectivity index (χ4v) is 2.64. The van der Waals surface area contributed by atoms with Crippen molar-refractivity contribution < 1.29 is 18.7 Å². The van der Waals surface area contributed by atoms with Crippen LogP contribution in [-0.4, -0.2) is 17.6 Å². The SMILES string of the molecule is CC1CCC(CNc2cc(C(=O)O)c(F)cc2F)CC1. The maximum Gasteiger partial charge on any atom is 0.338 e. The zero-order valence-corrected chi connectivity index (χ0v) is 11.5. The van der Waals surface area contributed by atoms with Crippen LogP contribution in [0.4, 0.5) is 14.5 Å². The topological polar surface area (TPSA) is 49.3 Å². The van der Waals surface area contributed by atoms with Crippen LogP contribution in [0.1, 0.15) is 43.0 Å². The second-order valence-corrected chi connectivity index (χ2v) is 5.62. The first-order chi connectivity index (χ1) is 9.47. The van der Waals surface area contributed by atoms with E-state index in [2.05, 4.69) is 12.2 Å². The number of halogens is 2. The highest BCUT2D eigenvalue weighted by molar-refractivity contribution is 5.89. The van der Waals surface area contributed by atoms with Crippen LogP contribution in [0.25, 0.3) is 0 Å². The van der Waals surface area contributed by atoms with E-state index in [0.29, 0.717) is 18.5 Å². The lowest BCUT2D eigenvalue weighted by atomic mass is 9.83. The fraction of sp³-hybridized carbons (Fsp3) is 0.533. The molecule has 0 aromatic heterocycles. The number of nitrogens with one attached hydrogen (secondary N) is 1. The van der Waals surface area contributed by atoms with Gasteiger partial charge in [-0.05, 0) is 30.7 Å². The lowest BCUT2D eigenvalue weighted by Gasteiger charge is -2.26. The van der Waals surface area contributed by atoms with Gasteiger partial charge in [0.1, 0.15) is 11.6 Å². The molecular weight excluding hydrogens is 264 g/mol. The average molecular weight is 283 g/mol. The molecule has 3 nitrogen and oxygen atoms in total. The van der Waals surface area contributed by atoms with Gasteiger partial charge in [-0.3, -0.25) is 0 Å². The van der Waals surface area contributed by atoms with E-state index in [1.807, 2.05) is 0 Å². The third-order valence-corrected chi connectivity index (χ3v) is 4.00. The maximum atomic E-state index is 13.6. The molecule has 0 saturated heterocycles. The normalized spacial score (nSPS) is 22.6. The largest absolute Gasteiger partial charge is 0.478 e. The van der Waals surface area contributed by atoms with Crippen LogP contribution in [0.3, 0.4) is 0 Å². The van der Waals surface area contributed by atoms with Crippen LogP contribution in [0.15, 0.2) is 12.1 Å². The first-order valence-corrected chi connectivity index (χ1v) is 6.93. The molecule has 5 heteroatoms. The number of carboxylic acid groups (broad SMARTS) is 1. The number of rotatable bonds is 4. The van der Waals surface area contributed by atoms with Gasteiger partial charge in [-0.25, -0.2) is 13.6 Å². The van der Waals surface area contributed by atoms with Crippen molar-refractivity contribution in [1.82, 2.24) is 0 Å². The van der Waals surface area contributed by atoms with E-state index in [4.69, 9.17) is 5.11 Å². The molecule has 0 unspecified atom stereocenters. The average Bonchev–Trinajstić information content (AvgIpc) is 2.39. The Balaban J connectivity index is 2.02. The van der Waals surface area contributed by atoms with Gasteiger partial charge in [0, 0.05) is 12.6 Å². The Hall–Kier alpha value is -1.65. The molecule has 0 heterocycles. The Morgan fingerprint density at radius 1 is 1.25 bits per heavy atom. The Morgan fingerprint density at radius 3 is 2.50 bits per heavy atom. The summed E-state index contributed by atoms with van der Waals surface area (Å²) < 4.78 is 26.9. The van der Waals surface area contributed by atoms with E-state index < -0.39 is 23.2 Å². The van der Waals surface area contributed by atoms with E-state index in [1.54, 1.807) is 0 Å². The molecular formula is C15H19F2NO2. The van der Waals surface area contributed by atoms with Crippen molar-refractivity contribution in [2.45, 2.75) is 32.6 Å². The molecule has 1 aromatic carbocycles. The van der Waals surface area contributed by atoms with Crippen molar-refractivity contribution in [3.05, 3.63) is 29.3 Å². The molecule has 20 heavy (non-hydrogen) atoms. The molecule has 0 radical (unpaired) electrons. The first kappa shape index (κ1) is 14.8. The highest BCUT2D eigenvalue weighted by atomic mass is 19.1. The number of carbonyl (C=O) groups is 1. The van der Waals surface area contributed by atoms with Gasteiger partial charge >= 0.3 is 5.97 Å². The lowest BCUT2D eigenvalue weighted by Crippen LogP contribution is -2.20. The summed E-state index contributed by atoms with van der Waals surface area (Å²) in [5.74, 6) is -1.99. The zero-order chi connectivity index (χ0) is 14.7. The van der Waals surface area contributed by atoms with Crippen molar-refractivity contribution in [1.29, 1.82) is 0 Å². The molecule has 0 atom stereocenters. The second-order valence-electron chi connectivity index (χ2n) is 5.62. The molecule has 0 amide bonds. The number of hydrogen-bond donors (Lipinski definition) is 2. The first-order valence-electron chi connectivity index (χ1n) is 6.93. The van der Waals surface area contributed by atoms with Gasteiger partial charge in [-0.2, -0.15) is 0 Å². The van der Waals surface area contributed by atoms with Crippen molar-refractivity contribution in [2.75, 3.05) is 11.9 Å². The number of hydrogen-bond acceptors (Lipinski definition) is 2. The van der Waals surface area contributed by atoms with E-state index in [0.717, 1.165) is 24.8 Å². The Kier molecular flexibility index (Phi) is 4.57. The number of benzene rings is 1. The third kappa shape index (κ3) is 3.46. The summed E-state index contributed by atoms with van der Waals surface area (Å²) in [5, 5.41) is 11.8. The van der Waals surface area contributed by atoms with Gasteiger partial charge < -0.3 is 10.4 Å². The summed E-state index contributed by atoms with van der Waals surface area (Å²) in [4.78, 5) is 10.8. The number of anilines is 1. The molecule has 0 aliphatic heterocycles. The smallest absolute Gasteiger partial charge is 0.338 e. The van der Waals surface area contributed by atoms with Crippen LogP contribution in [0.2, 0.25) is 0 Å². The molecule has 1 aromatic rings. The van der Waals surface area contributed by atoms with Gasteiger partial charge in [-0.15, -0.1) is 0 Å². The van der Waals surface area contributed by atoms with E-state index in [9.17, 15) is 13.6 Å². The fourth-order valence-electron chi connectivity index (χ4n) is 2.64. The molecule has 1 fully saturated rings. The molecule has 1 saturated carbocycles. The van der Waals surface area contributed by atoms with Crippen molar-refractivity contribution in [3.8, 4) is 0 Å². The molecule has 110 valence electrons. The van der Waals surface area contributed by atoms with Gasteiger partial charge in [0.2, 0.25) is 0 Å². The molecule has 0 bridgehead atoms. The maximum absolute atomic E-state index is 13.6. The van der Waals surface area contributed by atoms with Crippen LogP contribution < -0.4 is 5.32 Å². The summed E-state index contributed by atoms with van der Waals surface area (Å²) in [6.07, 6.45) is 4.50. The molecule has 2 N–H and O–H groups in total. The predicted molar refractivity (Wildman–Crippen MR) is 72.9 cm³/mol. The van der Waals surface area contributed by atoms with Gasteiger partial charge in [-0.1, -0.05) is 19.8 Å². The van der Waals surface area contributed by atoms with Gasteiger partial charge in [0.05, 0.1) is 11.3 Å². The second kappa shape index (κ2) is 6.20. The number of aromatic carboxylic acids is 1. The van der Waals surface area contributed by atoms with Crippen LogP contribution in [-0.2, 0) is 0 Å². The monoisotopic (exact) mass is 283 g/mol. The van der Waals surface area contributed by atoms with Crippen molar-refractivity contribution in [2.24, 2.45) is 11.8 Å². The zero-order valence-electron chi connectivity index (χ0n) is 11.5. The standard InChI is InChI=1S/C15H19F2NO2/c1-9-2-4-10(5-3-9)8-18-14-6-11(15(19)20)12(16)7-13(14)17/h6-7,9-10,18H,2-5,8H2,1H3,(H,19,20). The number of carboxylic acids is 1. The summed E-state index contributed by atoms with van der Waals surface area (Å²) >= 11 is 0. The van der Waals surface area contributed by atoms with Crippen molar-refractivity contribution in [3.63, 3.8) is 0 Å². The minimum Gasteiger partial charge on any atom is -0.478 e. The Morgan fingerprint density at radius 2 is 1.90 bits per heavy atom. The summed E-state index contributed by atoms with van der Waals surface area (Å²) in [7, 11) is 0. The Bertz CT molecular complexity index is 497. The van der Waals surface area contributed by atoms with Crippen LogP contribution in [0, 0.1) is 23.5 Å². The summed E-state index contributed by atoms with van der Waals surface area (Å²) in [5.41, 5.74) is -0.450. The van der Waals surface area contributed by atoms with Crippen LogP contribution in [0.5, 0.6) is 0 Å². The van der Waals surface area contributed by atoms with E-state index in [1.165, 1.54) is 12.8 Å². The highest BCUT2D eigenvalue weighted by Crippen LogP contribution is 2.29. The molecule has 0 spiro atoms. The third-order valence-electron chi connectivity index (χ3n) is 4.00. The van der Waals surface area contributed by atoms with Gasteiger partial charge in [0.25, 0.3) is 0 Å². The molecule has 2 rings (SSSR count).